The van der Waals surface area contributed by atoms with Crippen LogP contribution in [0.1, 0.15) is 38.7 Å². The first-order valence-corrected chi connectivity index (χ1v) is 14.6. The summed E-state index contributed by atoms with van der Waals surface area (Å²) in [5.41, 5.74) is 8.36. The molecule has 5 nitrogen and oxygen atoms in total. The Morgan fingerprint density at radius 1 is 0.683 bits per heavy atom. The van der Waals surface area contributed by atoms with Crippen molar-refractivity contribution in [2.45, 2.75) is 44.7 Å². The molecule has 1 atom stereocenters. The van der Waals surface area contributed by atoms with E-state index in [9.17, 15) is 0 Å². The molecule has 0 bridgehead atoms. The third-order valence-electron chi connectivity index (χ3n) is 9.75. The molecule has 4 aromatic carbocycles. The van der Waals surface area contributed by atoms with Gasteiger partial charge in [0.1, 0.15) is 17.3 Å². The Balaban J connectivity index is 1.37. The van der Waals surface area contributed by atoms with Crippen LogP contribution in [0.2, 0.25) is 0 Å². The molecule has 41 heavy (non-hydrogen) atoms. The maximum atomic E-state index is 6.71. The Morgan fingerprint density at radius 3 is 2.10 bits per heavy atom. The van der Waals surface area contributed by atoms with Crippen molar-refractivity contribution in [3.8, 4) is 0 Å². The SMILES string of the molecule is CCC1(CC)CC2N(c3cccc4c3oc3ccccc34)c3ncccc3N2c2c1ccc1c2oc2ccccc21. The third kappa shape index (κ3) is 2.88. The number of anilines is 4. The molecule has 0 saturated carbocycles. The second-order valence-electron chi connectivity index (χ2n) is 11.4. The van der Waals surface area contributed by atoms with Gasteiger partial charge in [0.15, 0.2) is 17.0 Å². The second-order valence-corrected chi connectivity index (χ2v) is 11.4. The number of benzene rings is 4. The lowest BCUT2D eigenvalue weighted by atomic mass is 9.69. The Labute approximate surface area is 237 Å². The number of pyridine rings is 1. The van der Waals surface area contributed by atoms with E-state index in [2.05, 4.69) is 96.4 Å². The quantitative estimate of drug-likeness (QED) is 0.225. The van der Waals surface area contributed by atoms with E-state index in [4.69, 9.17) is 13.8 Å². The van der Waals surface area contributed by atoms with Gasteiger partial charge in [-0.2, -0.15) is 0 Å². The zero-order valence-electron chi connectivity index (χ0n) is 23.1. The van der Waals surface area contributed by atoms with Gasteiger partial charge >= 0.3 is 0 Å². The van der Waals surface area contributed by atoms with Gasteiger partial charge in [-0.3, -0.25) is 4.90 Å². The van der Waals surface area contributed by atoms with Crippen molar-refractivity contribution in [1.29, 1.82) is 0 Å². The van der Waals surface area contributed by atoms with E-state index in [0.717, 1.165) is 80.3 Å². The van der Waals surface area contributed by atoms with E-state index in [-0.39, 0.29) is 11.6 Å². The summed E-state index contributed by atoms with van der Waals surface area (Å²) in [6.45, 7) is 4.66. The lowest BCUT2D eigenvalue weighted by Gasteiger charge is -2.47. The van der Waals surface area contributed by atoms with E-state index in [1.807, 2.05) is 24.4 Å². The van der Waals surface area contributed by atoms with Crippen LogP contribution in [-0.2, 0) is 5.41 Å². The standard InChI is InChI=1S/C36H29N3O2/c1-3-36(4-2)21-31-38(32-26(36)19-18-25-23-12-6-8-17-30(23)41-34(25)32)28-15-10-20-37-35(28)39(31)27-14-9-13-24-22-11-5-7-16-29(22)40-33(24)27/h5-20,31H,3-4,21H2,1-2H3. The summed E-state index contributed by atoms with van der Waals surface area (Å²) in [5.74, 6) is 0.951. The fourth-order valence-electron chi connectivity index (χ4n) is 7.65. The molecule has 0 amide bonds. The summed E-state index contributed by atoms with van der Waals surface area (Å²) in [6.07, 6.45) is 4.97. The Kier molecular flexibility index (Phi) is 4.56. The average Bonchev–Trinajstić information content (AvgIpc) is 3.70. The Bertz CT molecular complexity index is 2150. The largest absolute Gasteiger partial charge is 0.454 e. The zero-order chi connectivity index (χ0) is 27.3. The van der Waals surface area contributed by atoms with Crippen LogP contribution in [0.15, 0.2) is 106 Å². The maximum Gasteiger partial charge on any atom is 0.159 e. The molecule has 7 aromatic rings. The summed E-state index contributed by atoms with van der Waals surface area (Å²) >= 11 is 0. The molecule has 0 N–H and O–H groups in total. The van der Waals surface area contributed by atoms with Crippen molar-refractivity contribution in [2.24, 2.45) is 0 Å². The van der Waals surface area contributed by atoms with Gasteiger partial charge in [-0.25, -0.2) is 4.98 Å². The first kappa shape index (κ1) is 23.0. The van der Waals surface area contributed by atoms with Gasteiger partial charge in [-0.05, 0) is 55.2 Å². The van der Waals surface area contributed by atoms with Crippen LogP contribution in [0.25, 0.3) is 43.9 Å². The smallest absolute Gasteiger partial charge is 0.159 e. The fraction of sp³-hybridized carbons (Fsp3) is 0.194. The molecule has 0 aliphatic carbocycles. The molecule has 9 rings (SSSR count). The molecule has 3 aromatic heterocycles. The van der Waals surface area contributed by atoms with Crippen LogP contribution in [0, 0.1) is 0 Å². The minimum atomic E-state index is -0.00820. The number of para-hydroxylation sites is 3. The van der Waals surface area contributed by atoms with Crippen molar-refractivity contribution in [1.82, 2.24) is 4.98 Å². The molecule has 2 aliphatic rings. The normalized spacial score (nSPS) is 17.5. The van der Waals surface area contributed by atoms with Crippen LogP contribution in [-0.4, -0.2) is 11.1 Å². The van der Waals surface area contributed by atoms with Crippen LogP contribution >= 0.6 is 0 Å². The van der Waals surface area contributed by atoms with E-state index in [0.29, 0.717) is 0 Å². The second kappa shape index (κ2) is 8.14. The highest BCUT2D eigenvalue weighted by Gasteiger charge is 2.51. The van der Waals surface area contributed by atoms with Gasteiger partial charge in [-0.1, -0.05) is 74.5 Å². The van der Waals surface area contributed by atoms with E-state index in [1.54, 1.807) is 0 Å². The maximum absolute atomic E-state index is 6.71. The number of hydrogen-bond acceptors (Lipinski definition) is 5. The highest BCUT2D eigenvalue weighted by molar-refractivity contribution is 6.13. The first-order valence-electron chi connectivity index (χ1n) is 14.6. The van der Waals surface area contributed by atoms with Crippen molar-refractivity contribution in [2.75, 3.05) is 9.80 Å². The number of hydrogen-bond donors (Lipinski definition) is 0. The third-order valence-corrected chi connectivity index (χ3v) is 9.75. The van der Waals surface area contributed by atoms with E-state index in [1.165, 1.54) is 11.3 Å². The molecule has 0 saturated heterocycles. The van der Waals surface area contributed by atoms with Crippen LogP contribution < -0.4 is 9.80 Å². The molecule has 0 spiro atoms. The number of aromatic nitrogens is 1. The predicted molar refractivity (Wildman–Crippen MR) is 167 cm³/mol. The van der Waals surface area contributed by atoms with Crippen LogP contribution in [0.5, 0.6) is 0 Å². The van der Waals surface area contributed by atoms with Crippen molar-refractivity contribution in [3.63, 3.8) is 0 Å². The van der Waals surface area contributed by atoms with Gasteiger partial charge in [0.25, 0.3) is 0 Å². The number of fused-ring (bicyclic) bond motifs is 12. The van der Waals surface area contributed by atoms with Gasteiger partial charge in [0.2, 0.25) is 0 Å². The minimum Gasteiger partial charge on any atom is -0.454 e. The highest BCUT2D eigenvalue weighted by Crippen LogP contribution is 2.59. The van der Waals surface area contributed by atoms with Gasteiger partial charge in [-0.15, -0.1) is 0 Å². The fourth-order valence-corrected chi connectivity index (χ4v) is 7.65. The molecule has 0 fully saturated rings. The lowest BCUT2D eigenvalue weighted by molar-refractivity contribution is 0.322. The molecule has 0 radical (unpaired) electrons. The first-order chi connectivity index (χ1) is 20.2. The highest BCUT2D eigenvalue weighted by atomic mass is 16.3. The van der Waals surface area contributed by atoms with Gasteiger partial charge < -0.3 is 13.7 Å². The molecule has 5 heteroatoms. The summed E-state index contributed by atoms with van der Waals surface area (Å²) in [6, 6.07) is 32.0. The molecular weight excluding hydrogens is 506 g/mol. The summed E-state index contributed by atoms with van der Waals surface area (Å²) < 4.78 is 13.3. The van der Waals surface area contributed by atoms with Crippen LogP contribution in [0.4, 0.5) is 22.9 Å². The number of nitrogens with zero attached hydrogens (tertiary/aromatic N) is 3. The Hall–Kier alpha value is -4.77. The van der Waals surface area contributed by atoms with Crippen molar-refractivity contribution in [3.05, 3.63) is 103 Å². The molecule has 2 aliphatic heterocycles. The number of rotatable bonds is 3. The summed E-state index contributed by atoms with van der Waals surface area (Å²) in [4.78, 5) is 9.92. The molecular formula is C36H29N3O2. The molecule has 5 heterocycles. The minimum absolute atomic E-state index is 0.00820. The number of furan rings is 2. The monoisotopic (exact) mass is 535 g/mol. The summed E-state index contributed by atoms with van der Waals surface area (Å²) in [5, 5.41) is 4.57. The van der Waals surface area contributed by atoms with E-state index >= 15 is 0 Å². The Morgan fingerprint density at radius 2 is 1.34 bits per heavy atom. The topological polar surface area (TPSA) is 45.7 Å². The average molecular weight is 536 g/mol. The lowest BCUT2D eigenvalue weighted by Crippen LogP contribution is -2.48. The molecule has 1 unspecified atom stereocenters. The zero-order valence-corrected chi connectivity index (χ0v) is 23.1. The van der Waals surface area contributed by atoms with Crippen LogP contribution in [0.3, 0.4) is 0 Å². The van der Waals surface area contributed by atoms with Crippen molar-refractivity contribution < 1.29 is 8.83 Å². The van der Waals surface area contributed by atoms with Gasteiger partial charge in [0.05, 0.1) is 17.1 Å². The van der Waals surface area contributed by atoms with Crippen molar-refractivity contribution >= 4 is 66.8 Å². The van der Waals surface area contributed by atoms with E-state index < -0.39 is 0 Å². The predicted octanol–water partition coefficient (Wildman–Crippen LogP) is 9.96. The van der Waals surface area contributed by atoms with Gasteiger partial charge in [0, 0.05) is 33.2 Å². The summed E-state index contributed by atoms with van der Waals surface area (Å²) in [7, 11) is 0. The molecule has 200 valence electrons.